The molecule has 25 heavy (non-hydrogen) atoms. The van der Waals surface area contributed by atoms with Crippen LogP contribution >= 0.6 is 11.6 Å². The van der Waals surface area contributed by atoms with E-state index in [2.05, 4.69) is 11.5 Å². The Morgan fingerprint density at radius 1 is 1.12 bits per heavy atom. The fourth-order valence-corrected chi connectivity index (χ4v) is 2.95. The Morgan fingerprint density at radius 3 is 2.72 bits per heavy atom. The van der Waals surface area contributed by atoms with Gasteiger partial charge in [-0.3, -0.25) is 0 Å². The molecule has 0 saturated heterocycles. The summed E-state index contributed by atoms with van der Waals surface area (Å²) < 4.78 is 13.5. The number of hydrogen-bond acceptors (Lipinski definition) is 3. The van der Waals surface area contributed by atoms with E-state index < -0.39 is 0 Å². The van der Waals surface area contributed by atoms with Gasteiger partial charge in [-0.05, 0) is 49.4 Å². The van der Waals surface area contributed by atoms with Crippen molar-refractivity contribution in [3.63, 3.8) is 0 Å². The van der Waals surface area contributed by atoms with Crippen molar-refractivity contribution in [1.29, 1.82) is 0 Å². The van der Waals surface area contributed by atoms with Gasteiger partial charge in [-0.1, -0.05) is 29.3 Å². The van der Waals surface area contributed by atoms with Gasteiger partial charge in [-0.15, -0.1) is 0 Å². The lowest BCUT2D eigenvalue weighted by atomic mass is 10.2. The first kappa shape index (κ1) is 15.8. The highest BCUT2D eigenvalue weighted by atomic mass is 35.5. The van der Waals surface area contributed by atoms with Gasteiger partial charge in [-0.25, -0.2) is 4.98 Å². The third-order valence-corrected chi connectivity index (χ3v) is 4.31. The van der Waals surface area contributed by atoms with Crippen molar-refractivity contribution >= 4 is 22.6 Å². The lowest BCUT2D eigenvalue weighted by Crippen LogP contribution is -2.08. The fraction of sp³-hybridized carbons (Fsp3) is 0.150. The lowest BCUT2D eigenvalue weighted by molar-refractivity contribution is 0.290. The van der Waals surface area contributed by atoms with Crippen LogP contribution in [0, 0.1) is 6.92 Å². The highest BCUT2D eigenvalue weighted by Crippen LogP contribution is 2.23. The molecule has 0 aliphatic heterocycles. The number of halogens is 1. The van der Waals surface area contributed by atoms with Crippen molar-refractivity contribution in [2.24, 2.45) is 0 Å². The number of furan rings is 1. The van der Waals surface area contributed by atoms with Crippen molar-refractivity contribution in [2.75, 3.05) is 0 Å². The van der Waals surface area contributed by atoms with Crippen LogP contribution in [0.2, 0.25) is 5.02 Å². The highest BCUT2D eigenvalue weighted by molar-refractivity contribution is 6.31. The summed E-state index contributed by atoms with van der Waals surface area (Å²) in [7, 11) is 0. The third-order valence-electron chi connectivity index (χ3n) is 4.07. The fourth-order valence-electron chi connectivity index (χ4n) is 2.78. The van der Waals surface area contributed by atoms with Gasteiger partial charge in [0.05, 0.1) is 23.8 Å². The van der Waals surface area contributed by atoms with Gasteiger partial charge >= 0.3 is 0 Å². The summed E-state index contributed by atoms with van der Waals surface area (Å²) in [5.41, 5.74) is 3.05. The average molecular weight is 353 g/mol. The number of fused-ring (bicyclic) bond motifs is 1. The molecule has 0 aliphatic carbocycles. The number of rotatable bonds is 5. The van der Waals surface area contributed by atoms with E-state index in [1.807, 2.05) is 54.6 Å². The first-order chi connectivity index (χ1) is 12.2. The molecule has 0 fully saturated rings. The normalized spacial score (nSPS) is 11.1. The molecule has 0 spiro atoms. The molecule has 126 valence electrons. The maximum Gasteiger partial charge on any atom is 0.148 e. The van der Waals surface area contributed by atoms with Crippen molar-refractivity contribution in [3.8, 4) is 5.75 Å². The molecule has 0 amide bonds. The maximum absolute atomic E-state index is 6.11. The maximum atomic E-state index is 6.11. The molecule has 2 heterocycles. The number of aryl methyl sites for hydroxylation is 1. The van der Waals surface area contributed by atoms with E-state index in [-0.39, 0.29) is 0 Å². The number of aromatic nitrogens is 2. The molecule has 4 rings (SSSR count). The van der Waals surface area contributed by atoms with Crippen LogP contribution in [0.3, 0.4) is 0 Å². The first-order valence-electron chi connectivity index (χ1n) is 8.05. The molecule has 2 aromatic carbocycles. The zero-order valence-electron chi connectivity index (χ0n) is 13.8. The minimum atomic E-state index is 0.371. The summed E-state index contributed by atoms with van der Waals surface area (Å²) in [5.74, 6) is 2.51. The molecule has 4 nitrogen and oxygen atoms in total. The van der Waals surface area contributed by atoms with Crippen molar-refractivity contribution < 1.29 is 9.15 Å². The SMILES string of the molecule is Cc1ccc(OCc2nc3cc(Cl)ccc3n2Cc2ccco2)cc1. The lowest BCUT2D eigenvalue weighted by Gasteiger charge is -2.09. The summed E-state index contributed by atoms with van der Waals surface area (Å²) in [6.07, 6.45) is 1.67. The number of hydrogen-bond donors (Lipinski definition) is 0. The van der Waals surface area contributed by atoms with E-state index in [0.717, 1.165) is 28.4 Å². The van der Waals surface area contributed by atoms with Crippen LogP contribution in [-0.2, 0) is 13.2 Å². The molecular formula is C20H17ClN2O2. The number of ether oxygens (including phenoxy) is 1. The van der Waals surface area contributed by atoms with Crippen LogP contribution in [0.1, 0.15) is 17.1 Å². The van der Waals surface area contributed by atoms with E-state index in [9.17, 15) is 0 Å². The minimum Gasteiger partial charge on any atom is -0.486 e. The summed E-state index contributed by atoms with van der Waals surface area (Å²) in [6.45, 7) is 3.02. The van der Waals surface area contributed by atoms with E-state index >= 15 is 0 Å². The van der Waals surface area contributed by atoms with Crippen molar-refractivity contribution in [2.45, 2.75) is 20.1 Å². The topological polar surface area (TPSA) is 40.2 Å². The quantitative estimate of drug-likeness (QED) is 0.494. The van der Waals surface area contributed by atoms with Crippen LogP contribution in [0.25, 0.3) is 11.0 Å². The summed E-state index contributed by atoms with van der Waals surface area (Å²) in [6, 6.07) is 17.5. The molecule has 0 radical (unpaired) electrons. The van der Waals surface area contributed by atoms with Gasteiger partial charge in [0.25, 0.3) is 0 Å². The standard InChI is InChI=1S/C20H17ClN2O2/c1-14-4-7-16(8-5-14)25-13-20-22-18-11-15(21)6-9-19(18)23(20)12-17-3-2-10-24-17/h2-11H,12-13H2,1H3. The van der Waals surface area contributed by atoms with E-state index in [4.69, 9.17) is 25.7 Å². The van der Waals surface area contributed by atoms with Gasteiger partial charge in [0.15, 0.2) is 0 Å². The zero-order chi connectivity index (χ0) is 17.2. The molecule has 4 aromatic rings. The second kappa shape index (κ2) is 6.65. The van der Waals surface area contributed by atoms with Gasteiger partial charge in [0.1, 0.15) is 23.9 Å². The molecule has 0 N–H and O–H groups in total. The summed E-state index contributed by atoms with van der Waals surface area (Å²) in [5, 5.41) is 0.668. The van der Waals surface area contributed by atoms with Crippen LogP contribution in [0.4, 0.5) is 0 Å². The summed E-state index contributed by atoms with van der Waals surface area (Å²) in [4.78, 5) is 4.70. The zero-order valence-corrected chi connectivity index (χ0v) is 14.5. The van der Waals surface area contributed by atoms with Gasteiger partial charge in [-0.2, -0.15) is 0 Å². The second-order valence-corrected chi connectivity index (χ2v) is 6.36. The van der Waals surface area contributed by atoms with Gasteiger partial charge in [0.2, 0.25) is 0 Å². The highest BCUT2D eigenvalue weighted by Gasteiger charge is 2.13. The number of nitrogens with zero attached hydrogens (tertiary/aromatic N) is 2. The smallest absolute Gasteiger partial charge is 0.148 e. The van der Waals surface area contributed by atoms with Crippen LogP contribution in [0.15, 0.2) is 65.3 Å². The van der Waals surface area contributed by atoms with Gasteiger partial charge < -0.3 is 13.7 Å². The Balaban J connectivity index is 1.67. The molecule has 0 saturated carbocycles. The molecule has 2 aromatic heterocycles. The molecule has 0 atom stereocenters. The number of imidazole rings is 1. The second-order valence-electron chi connectivity index (χ2n) is 5.93. The largest absolute Gasteiger partial charge is 0.486 e. The first-order valence-corrected chi connectivity index (χ1v) is 8.43. The minimum absolute atomic E-state index is 0.371. The van der Waals surface area contributed by atoms with Crippen LogP contribution in [-0.4, -0.2) is 9.55 Å². The Bertz CT molecular complexity index is 989. The summed E-state index contributed by atoms with van der Waals surface area (Å²) >= 11 is 6.11. The molecule has 0 bridgehead atoms. The predicted molar refractivity (Wildman–Crippen MR) is 98.1 cm³/mol. The monoisotopic (exact) mass is 352 g/mol. The average Bonchev–Trinajstić information content (AvgIpc) is 3.23. The van der Waals surface area contributed by atoms with Crippen molar-refractivity contribution in [1.82, 2.24) is 9.55 Å². The molecule has 5 heteroatoms. The predicted octanol–water partition coefficient (Wildman–Crippen LogP) is 5.22. The molecular weight excluding hydrogens is 336 g/mol. The Kier molecular flexibility index (Phi) is 4.20. The number of benzene rings is 2. The molecule has 0 aliphatic rings. The van der Waals surface area contributed by atoms with E-state index in [1.54, 1.807) is 6.26 Å². The Hall–Kier alpha value is -2.72. The Labute approximate surface area is 150 Å². The van der Waals surface area contributed by atoms with Gasteiger partial charge in [0, 0.05) is 5.02 Å². The Morgan fingerprint density at radius 2 is 1.96 bits per heavy atom. The van der Waals surface area contributed by atoms with E-state index in [1.165, 1.54) is 5.56 Å². The molecule has 0 unspecified atom stereocenters. The van der Waals surface area contributed by atoms with Crippen LogP contribution < -0.4 is 4.74 Å². The van der Waals surface area contributed by atoms with E-state index in [0.29, 0.717) is 18.2 Å². The van der Waals surface area contributed by atoms with Crippen molar-refractivity contribution in [3.05, 3.63) is 83.0 Å². The third kappa shape index (κ3) is 3.39. The van der Waals surface area contributed by atoms with Crippen LogP contribution in [0.5, 0.6) is 5.75 Å².